The van der Waals surface area contributed by atoms with Crippen LogP contribution in [0.3, 0.4) is 0 Å². The van der Waals surface area contributed by atoms with Gasteiger partial charge in [-0.15, -0.1) is 0 Å². The van der Waals surface area contributed by atoms with Gasteiger partial charge >= 0.3 is 12.1 Å². The first-order valence-electron chi connectivity index (χ1n) is 12.2. The van der Waals surface area contributed by atoms with Crippen molar-refractivity contribution in [2.75, 3.05) is 11.4 Å². The van der Waals surface area contributed by atoms with Crippen LogP contribution in [0.1, 0.15) is 55.9 Å². The van der Waals surface area contributed by atoms with Gasteiger partial charge in [0.2, 0.25) is 5.95 Å². The second-order valence-corrected chi connectivity index (χ2v) is 10.4. The molecule has 4 heterocycles. The fourth-order valence-electron chi connectivity index (χ4n) is 5.50. The third kappa shape index (κ3) is 4.75. The van der Waals surface area contributed by atoms with Crippen LogP contribution in [0.2, 0.25) is 5.02 Å². The van der Waals surface area contributed by atoms with Crippen molar-refractivity contribution in [2.24, 2.45) is 11.8 Å². The summed E-state index contributed by atoms with van der Waals surface area (Å²) in [6.45, 7) is 2.92. The number of carboxylic acid groups (broad SMARTS) is 1. The van der Waals surface area contributed by atoms with Gasteiger partial charge in [-0.25, -0.2) is 14.8 Å². The van der Waals surface area contributed by atoms with E-state index in [1.807, 2.05) is 4.57 Å². The average Bonchev–Trinajstić information content (AvgIpc) is 3.45. The fourth-order valence-corrected chi connectivity index (χ4v) is 5.68. The second-order valence-electron chi connectivity index (χ2n) is 9.96. The molecule has 3 aromatic heterocycles. The molecule has 0 unspecified atom stereocenters. The van der Waals surface area contributed by atoms with Crippen LogP contribution in [-0.2, 0) is 6.54 Å². The minimum absolute atomic E-state index is 0.00263. The number of fused-ring (bicyclic) bond motifs is 1. The zero-order valence-corrected chi connectivity index (χ0v) is 20.6. The standard InChI is InChI=1S/C25H27ClF3N5O2/c1-14-4-6-15(7-5-14)13-34-22-18(32-24(34)33-8-2-3-20(33)25(27,28)29)10-19(23(35)36)31-21(22)16-9-17(26)12-30-11-16/h9-12,14-15,20H,2-8,13H2,1H3,(H,35,36)/t14?,15?,20-/m0/s1. The zero-order valence-electron chi connectivity index (χ0n) is 19.8. The van der Waals surface area contributed by atoms with E-state index in [4.69, 9.17) is 11.6 Å². The van der Waals surface area contributed by atoms with E-state index < -0.39 is 18.2 Å². The summed E-state index contributed by atoms with van der Waals surface area (Å²) in [4.78, 5) is 26.3. The number of alkyl halides is 3. The highest BCUT2D eigenvalue weighted by Crippen LogP contribution is 2.40. The Morgan fingerprint density at radius 1 is 1.14 bits per heavy atom. The molecule has 7 nitrogen and oxygen atoms in total. The van der Waals surface area contributed by atoms with Crippen molar-refractivity contribution in [2.45, 2.75) is 64.2 Å². The molecule has 11 heteroatoms. The summed E-state index contributed by atoms with van der Waals surface area (Å²) in [6.07, 6.45) is 3.04. The lowest BCUT2D eigenvalue weighted by molar-refractivity contribution is -0.146. The van der Waals surface area contributed by atoms with Gasteiger partial charge in [-0.05, 0) is 49.7 Å². The number of aromatic carboxylic acids is 1. The lowest BCUT2D eigenvalue weighted by Crippen LogP contribution is -2.42. The summed E-state index contributed by atoms with van der Waals surface area (Å²) in [6, 6.07) is 1.32. The van der Waals surface area contributed by atoms with Crippen LogP contribution < -0.4 is 4.90 Å². The van der Waals surface area contributed by atoms with Gasteiger partial charge < -0.3 is 14.6 Å². The van der Waals surface area contributed by atoms with Gasteiger partial charge in [-0.2, -0.15) is 13.2 Å². The molecule has 2 fully saturated rings. The van der Waals surface area contributed by atoms with Gasteiger partial charge in [0.25, 0.3) is 0 Å². The number of carboxylic acids is 1. The van der Waals surface area contributed by atoms with Crippen LogP contribution in [0.5, 0.6) is 0 Å². The molecule has 192 valence electrons. The van der Waals surface area contributed by atoms with Crippen LogP contribution in [-0.4, -0.2) is 49.4 Å². The molecular formula is C25H27ClF3N5O2. The number of rotatable bonds is 5. The van der Waals surface area contributed by atoms with Gasteiger partial charge in [-0.1, -0.05) is 31.4 Å². The third-order valence-electron chi connectivity index (χ3n) is 7.37. The van der Waals surface area contributed by atoms with E-state index in [-0.39, 0.29) is 30.5 Å². The predicted octanol–water partition coefficient (Wildman–Crippen LogP) is 6.20. The number of aromatic nitrogens is 4. The molecule has 5 rings (SSSR count). The van der Waals surface area contributed by atoms with E-state index in [1.165, 1.54) is 23.4 Å². The van der Waals surface area contributed by atoms with Crippen molar-refractivity contribution < 1.29 is 23.1 Å². The van der Waals surface area contributed by atoms with Crippen LogP contribution in [0.15, 0.2) is 24.5 Å². The van der Waals surface area contributed by atoms with Crippen LogP contribution in [0.4, 0.5) is 19.1 Å². The Balaban J connectivity index is 1.73. The number of carbonyl (C=O) groups is 1. The monoisotopic (exact) mass is 521 g/mol. The largest absolute Gasteiger partial charge is 0.477 e. The van der Waals surface area contributed by atoms with E-state index in [9.17, 15) is 23.1 Å². The number of anilines is 1. The molecule has 1 saturated heterocycles. The highest BCUT2D eigenvalue weighted by molar-refractivity contribution is 6.30. The molecule has 1 aliphatic carbocycles. The molecule has 0 aromatic carbocycles. The fraction of sp³-hybridized carbons (Fsp3) is 0.520. The smallest absolute Gasteiger partial charge is 0.408 e. The minimum Gasteiger partial charge on any atom is -0.477 e. The number of imidazole rings is 1. The zero-order chi connectivity index (χ0) is 25.6. The number of hydrogen-bond acceptors (Lipinski definition) is 5. The maximum atomic E-state index is 14.0. The van der Waals surface area contributed by atoms with E-state index in [0.29, 0.717) is 46.2 Å². The van der Waals surface area contributed by atoms with Gasteiger partial charge in [0.1, 0.15) is 6.04 Å². The first-order valence-corrected chi connectivity index (χ1v) is 12.6. The van der Waals surface area contributed by atoms with E-state index in [0.717, 1.165) is 25.7 Å². The van der Waals surface area contributed by atoms with Gasteiger partial charge in [0.15, 0.2) is 5.69 Å². The molecule has 2 aliphatic rings. The van der Waals surface area contributed by atoms with Crippen molar-refractivity contribution in [3.8, 4) is 11.3 Å². The van der Waals surface area contributed by atoms with Crippen molar-refractivity contribution in [1.82, 2.24) is 19.5 Å². The first kappa shape index (κ1) is 24.8. The summed E-state index contributed by atoms with van der Waals surface area (Å²) < 4.78 is 43.7. The topological polar surface area (TPSA) is 84.1 Å². The molecule has 36 heavy (non-hydrogen) atoms. The van der Waals surface area contributed by atoms with E-state index in [2.05, 4.69) is 21.9 Å². The summed E-state index contributed by atoms with van der Waals surface area (Å²) in [5, 5.41) is 10.0. The maximum absolute atomic E-state index is 14.0. The Morgan fingerprint density at radius 3 is 2.56 bits per heavy atom. The maximum Gasteiger partial charge on any atom is 0.408 e. The van der Waals surface area contributed by atoms with Crippen molar-refractivity contribution >= 4 is 34.6 Å². The van der Waals surface area contributed by atoms with Gasteiger partial charge in [0, 0.05) is 31.0 Å². The number of pyridine rings is 2. The Bertz CT molecular complexity index is 1290. The Kier molecular flexibility index (Phi) is 6.57. The number of halogens is 4. The minimum atomic E-state index is -4.40. The lowest BCUT2D eigenvalue weighted by atomic mass is 9.83. The molecule has 1 aliphatic heterocycles. The summed E-state index contributed by atoms with van der Waals surface area (Å²) in [5.74, 6) is -0.140. The summed E-state index contributed by atoms with van der Waals surface area (Å²) in [5.41, 5.74) is 1.34. The summed E-state index contributed by atoms with van der Waals surface area (Å²) >= 11 is 6.17. The number of nitrogens with zero attached hydrogens (tertiary/aromatic N) is 5. The Morgan fingerprint density at radius 2 is 1.89 bits per heavy atom. The molecule has 0 radical (unpaired) electrons. The molecule has 1 saturated carbocycles. The highest BCUT2D eigenvalue weighted by atomic mass is 35.5. The first-order chi connectivity index (χ1) is 17.1. The van der Waals surface area contributed by atoms with Crippen molar-refractivity contribution in [1.29, 1.82) is 0 Å². The Labute approximate surface area is 211 Å². The van der Waals surface area contributed by atoms with Crippen LogP contribution in [0, 0.1) is 11.8 Å². The molecular weight excluding hydrogens is 495 g/mol. The van der Waals surface area contributed by atoms with E-state index in [1.54, 1.807) is 6.07 Å². The van der Waals surface area contributed by atoms with Crippen LogP contribution >= 0.6 is 11.6 Å². The molecule has 3 aromatic rings. The van der Waals surface area contributed by atoms with Gasteiger partial charge in [0.05, 0.1) is 21.7 Å². The normalized spacial score (nSPS) is 22.9. The SMILES string of the molecule is CC1CCC(Cn2c(N3CCC[C@H]3C(F)(F)F)nc3cc(C(=O)O)nc(-c4cncc(Cl)c4)c32)CC1. The number of hydrogen-bond donors (Lipinski definition) is 1. The van der Waals surface area contributed by atoms with Crippen molar-refractivity contribution in [3.05, 3.63) is 35.2 Å². The molecule has 0 amide bonds. The summed E-state index contributed by atoms with van der Waals surface area (Å²) in [7, 11) is 0. The quantitative estimate of drug-likeness (QED) is 0.430. The van der Waals surface area contributed by atoms with E-state index >= 15 is 0 Å². The molecule has 1 atom stereocenters. The predicted molar refractivity (Wildman–Crippen MR) is 130 cm³/mol. The molecule has 0 spiro atoms. The van der Waals surface area contributed by atoms with Crippen LogP contribution in [0.25, 0.3) is 22.3 Å². The highest BCUT2D eigenvalue weighted by Gasteiger charge is 2.47. The Hall–Kier alpha value is -2.88. The molecule has 1 N–H and O–H groups in total. The third-order valence-corrected chi connectivity index (χ3v) is 7.57. The molecule has 0 bridgehead atoms. The second kappa shape index (κ2) is 9.53. The average molecular weight is 522 g/mol. The van der Waals surface area contributed by atoms with Crippen molar-refractivity contribution in [3.63, 3.8) is 0 Å². The van der Waals surface area contributed by atoms with Gasteiger partial charge in [-0.3, -0.25) is 4.98 Å². The lowest BCUT2D eigenvalue weighted by Gasteiger charge is -2.31.